The lowest BCUT2D eigenvalue weighted by Gasteiger charge is -2.08. The second kappa shape index (κ2) is 8.10. The third kappa shape index (κ3) is 4.17. The van der Waals surface area contributed by atoms with Crippen LogP contribution < -0.4 is 9.47 Å². The molecule has 5 heteroatoms. The van der Waals surface area contributed by atoms with E-state index in [2.05, 4.69) is 6.92 Å². The van der Waals surface area contributed by atoms with Gasteiger partial charge in [-0.3, -0.25) is 4.79 Å². The first-order valence-electron chi connectivity index (χ1n) is 9.27. The third-order valence-corrected chi connectivity index (χ3v) is 5.09. The van der Waals surface area contributed by atoms with Gasteiger partial charge in [0, 0.05) is 11.6 Å². The Morgan fingerprint density at radius 2 is 1.86 bits per heavy atom. The smallest absolute Gasteiger partial charge is 0.231 e. The molecule has 0 saturated heterocycles. The van der Waals surface area contributed by atoms with E-state index in [-0.39, 0.29) is 18.1 Å². The Morgan fingerprint density at radius 3 is 2.59 bits per heavy atom. The summed E-state index contributed by atoms with van der Waals surface area (Å²) in [6.07, 6.45) is 2.70. The predicted octanol–water partition coefficient (Wildman–Crippen LogP) is 6.24. The second-order valence-corrected chi connectivity index (χ2v) is 7.12. The van der Waals surface area contributed by atoms with E-state index in [4.69, 9.17) is 21.1 Å². The largest absolute Gasteiger partial charge is 0.489 e. The normalized spacial score (nSPS) is 14.0. The summed E-state index contributed by atoms with van der Waals surface area (Å²) in [5.41, 5.74) is 3.30. The average molecular weight is 409 g/mol. The van der Waals surface area contributed by atoms with Crippen LogP contribution in [0, 0.1) is 5.82 Å². The van der Waals surface area contributed by atoms with Gasteiger partial charge in [0.05, 0.1) is 10.6 Å². The van der Waals surface area contributed by atoms with Crippen LogP contribution in [-0.2, 0) is 13.0 Å². The number of hydrogen-bond donors (Lipinski definition) is 0. The standard InChI is InChI=1S/C24H18ClFO3/c1-2-15-3-5-16(6-4-15)11-23-24(27)20-10-9-19(13-22(20)29-23)28-14-17-7-8-18(26)12-21(17)25/h3-13H,2,14H2,1H3/b23-11-. The van der Waals surface area contributed by atoms with Crippen molar-refractivity contribution < 1.29 is 18.7 Å². The fourth-order valence-corrected chi connectivity index (χ4v) is 3.28. The molecule has 0 aromatic heterocycles. The van der Waals surface area contributed by atoms with Crippen LogP contribution in [0.25, 0.3) is 6.08 Å². The molecule has 1 aliphatic heterocycles. The van der Waals surface area contributed by atoms with Crippen molar-refractivity contribution in [2.24, 2.45) is 0 Å². The number of ketones is 1. The lowest BCUT2D eigenvalue weighted by molar-refractivity contribution is 0.101. The van der Waals surface area contributed by atoms with Crippen molar-refractivity contribution in [2.75, 3.05) is 0 Å². The van der Waals surface area contributed by atoms with Crippen LogP contribution >= 0.6 is 11.6 Å². The number of benzene rings is 3. The van der Waals surface area contributed by atoms with Crippen LogP contribution in [0.4, 0.5) is 4.39 Å². The number of hydrogen-bond acceptors (Lipinski definition) is 3. The Kier molecular flexibility index (Phi) is 5.36. The van der Waals surface area contributed by atoms with Crippen LogP contribution in [0.15, 0.2) is 66.4 Å². The van der Waals surface area contributed by atoms with Crippen molar-refractivity contribution in [1.29, 1.82) is 0 Å². The third-order valence-electron chi connectivity index (χ3n) is 4.74. The lowest BCUT2D eigenvalue weighted by atomic mass is 10.1. The number of Topliss-reactive ketones (excluding diaryl/α,β-unsaturated/α-hetero) is 1. The highest BCUT2D eigenvalue weighted by Crippen LogP contribution is 2.35. The summed E-state index contributed by atoms with van der Waals surface area (Å²) in [6.45, 7) is 2.27. The van der Waals surface area contributed by atoms with E-state index < -0.39 is 5.82 Å². The van der Waals surface area contributed by atoms with Crippen LogP contribution in [0.5, 0.6) is 11.5 Å². The first kappa shape index (κ1) is 19.2. The van der Waals surface area contributed by atoms with E-state index in [0.29, 0.717) is 27.6 Å². The molecule has 3 nitrogen and oxygen atoms in total. The molecular weight excluding hydrogens is 391 g/mol. The van der Waals surface area contributed by atoms with Crippen molar-refractivity contribution in [3.8, 4) is 11.5 Å². The van der Waals surface area contributed by atoms with Crippen molar-refractivity contribution in [3.05, 3.63) is 99.5 Å². The Bertz CT molecular complexity index is 1100. The summed E-state index contributed by atoms with van der Waals surface area (Å²) in [7, 11) is 0. The maximum Gasteiger partial charge on any atom is 0.231 e. The Morgan fingerprint density at radius 1 is 1.07 bits per heavy atom. The average Bonchev–Trinajstić information content (AvgIpc) is 3.03. The molecule has 0 aliphatic carbocycles. The molecule has 1 aliphatic rings. The van der Waals surface area contributed by atoms with E-state index in [1.165, 1.54) is 17.7 Å². The van der Waals surface area contributed by atoms with Gasteiger partial charge < -0.3 is 9.47 Å². The van der Waals surface area contributed by atoms with Gasteiger partial charge in [-0.1, -0.05) is 48.9 Å². The highest BCUT2D eigenvalue weighted by molar-refractivity contribution is 6.31. The molecule has 146 valence electrons. The molecule has 0 radical (unpaired) electrons. The van der Waals surface area contributed by atoms with Crippen LogP contribution in [0.1, 0.15) is 34.0 Å². The highest BCUT2D eigenvalue weighted by Gasteiger charge is 2.27. The quantitative estimate of drug-likeness (QED) is 0.469. The van der Waals surface area contributed by atoms with E-state index in [9.17, 15) is 9.18 Å². The number of aryl methyl sites for hydroxylation is 1. The molecule has 0 N–H and O–H groups in total. The molecule has 0 bridgehead atoms. The zero-order valence-corrected chi connectivity index (χ0v) is 16.5. The van der Waals surface area contributed by atoms with E-state index >= 15 is 0 Å². The molecule has 3 aromatic rings. The molecule has 0 spiro atoms. The first-order valence-corrected chi connectivity index (χ1v) is 9.65. The SMILES string of the molecule is CCc1ccc(/C=C2\Oc3cc(OCc4ccc(F)cc4Cl)ccc3C2=O)cc1. The number of carbonyl (C=O) groups excluding carboxylic acids is 1. The molecule has 0 fully saturated rings. The molecule has 0 unspecified atom stereocenters. The van der Waals surface area contributed by atoms with Gasteiger partial charge >= 0.3 is 0 Å². The van der Waals surface area contributed by atoms with Crippen molar-refractivity contribution >= 4 is 23.5 Å². The highest BCUT2D eigenvalue weighted by atomic mass is 35.5. The van der Waals surface area contributed by atoms with Crippen LogP contribution in [0.2, 0.25) is 5.02 Å². The first-order chi connectivity index (χ1) is 14.0. The number of carbonyl (C=O) groups is 1. The molecule has 4 rings (SSSR count). The van der Waals surface area contributed by atoms with Crippen LogP contribution in [0.3, 0.4) is 0 Å². The maximum atomic E-state index is 13.1. The van der Waals surface area contributed by atoms with Gasteiger partial charge in [-0.25, -0.2) is 4.39 Å². The number of allylic oxidation sites excluding steroid dienone is 1. The summed E-state index contributed by atoms with van der Waals surface area (Å²) >= 11 is 6.03. The van der Waals surface area contributed by atoms with Crippen molar-refractivity contribution in [3.63, 3.8) is 0 Å². The number of rotatable bonds is 5. The molecular formula is C24H18ClFO3. The fraction of sp³-hybridized carbons (Fsp3) is 0.125. The minimum Gasteiger partial charge on any atom is -0.489 e. The summed E-state index contributed by atoms with van der Waals surface area (Å²) in [5.74, 6) is 0.710. The number of halogens is 2. The predicted molar refractivity (Wildman–Crippen MR) is 111 cm³/mol. The van der Waals surface area contributed by atoms with E-state index in [1.54, 1.807) is 30.3 Å². The summed E-state index contributed by atoms with van der Waals surface area (Å²) in [5, 5.41) is 0.303. The second-order valence-electron chi connectivity index (χ2n) is 6.72. The zero-order valence-electron chi connectivity index (χ0n) is 15.7. The molecule has 0 amide bonds. The Balaban J connectivity index is 1.50. The summed E-state index contributed by atoms with van der Waals surface area (Å²) in [6, 6.07) is 17.2. The fourth-order valence-electron chi connectivity index (χ4n) is 3.06. The molecule has 1 heterocycles. The van der Waals surface area contributed by atoms with Crippen molar-refractivity contribution in [2.45, 2.75) is 20.0 Å². The monoisotopic (exact) mass is 408 g/mol. The van der Waals surface area contributed by atoms with Gasteiger partial charge in [0.15, 0.2) is 5.76 Å². The van der Waals surface area contributed by atoms with Gasteiger partial charge in [-0.2, -0.15) is 0 Å². The number of fused-ring (bicyclic) bond motifs is 1. The van der Waals surface area contributed by atoms with E-state index in [0.717, 1.165) is 12.0 Å². The zero-order chi connectivity index (χ0) is 20.4. The number of ether oxygens (including phenoxy) is 2. The minimum absolute atomic E-state index is 0.160. The van der Waals surface area contributed by atoms with Gasteiger partial charge in [0.1, 0.15) is 23.9 Å². The lowest BCUT2D eigenvalue weighted by Crippen LogP contribution is -1.98. The summed E-state index contributed by atoms with van der Waals surface area (Å²) < 4.78 is 24.7. The van der Waals surface area contributed by atoms with E-state index in [1.807, 2.05) is 24.3 Å². The molecule has 0 saturated carbocycles. The molecule has 29 heavy (non-hydrogen) atoms. The van der Waals surface area contributed by atoms with Crippen LogP contribution in [-0.4, -0.2) is 5.78 Å². The van der Waals surface area contributed by atoms with Gasteiger partial charge in [0.2, 0.25) is 5.78 Å². The van der Waals surface area contributed by atoms with Crippen molar-refractivity contribution in [1.82, 2.24) is 0 Å². The minimum atomic E-state index is -0.396. The Hall–Kier alpha value is -3.11. The van der Waals surface area contributed by atoms with Gasteiger partial charge in [-0.05, 0) is 47.9 Å². The molecule has 3 aromatic carbocycles. The summed E-state index contributed by atoms with van der Waals surface area (Å²) in [4.78, 5) is 12.6. The molecule has 0 atom stereocenters. The Labute approximate surface area is 173 Å². The van der Waals surface area contributed by atoms with Gasteiger partial charge in [0.25, 0.3) is 0 Å². The topological polar surface area (TPSA) is 35.5 Å². The van der Waals surface area contributed by atoms with Gasteiger partial charge in [-0.15, -0.1) is 0 Å². The maximum absolute atomic E-state index is 13.1.